The summed E-state index contributed by atoms with van der Waals surface area (Å²) in [5, 5.41) is 21.1. The predicted molar refractivity (Wildman–Crippen MR) is 104 cm³/mol. The van der Waals surface area contributed by atoms with Crippen LogP contribution in [-0.2, 0) is 0 Å². The number of rotatable bonds is 2. The Morgan fingerprint density at radius 3 is 1.80 bits per heavy atom. The molecule has 0 spiro atoms. The van der Waals surface area contributed by atoms with Crippen LogP contribution in [0.4, 0.5) is 0 Å². The Morgan fingerprint density at radius 1 is 0.520 bits per heavy atom. The third-order valence-corrected chi connectivity index (χ3v) is 5.07. The first-order valence-electron chi connectivity index (χ1n) is 8.36. The summed E-state index contributed by atoms with van der Waals surface area (Å²) >= 11 is 0. The minimum Gasteiger partial charge on any atom is -0.423 e. The quantitative estimate of drug-likeness (QED) is 0.485. The number of benzene rings is 4. The number of hydrogen-bond acceptors (Lipinski definition) is 2. The average Bonchev–Trinajstić information content (AvgIpc) is 2.98. The highest BCUT2D eigenvalue weighted by atomic mass is 16.4. The summed E-state index contributed by atoms with van der Waals surface area (Å²) in [5.41, 5.74) is 7.89. The lowest BCUT2D eigenvalue weighted by Crippen LogP contribution is -2.29. The van der Waals surface area contributed by atoms with Crippen molar-refractivity contribution < 1.29 is 10.0 Å². The molecule has 0 heterocycles. The van der Waals surface area contributed by atoms with E-state index in [0.29, 0.717) is 5.46 Å². The normalized spacial score (nSPS) is 11.6. The molecule has 118 valence electrons. The van der Waals surface area contributed by atoms with Crippen LogP contribution in [-0.4, -0.2) is 17.2 Å². The van der Waals surface area contributed by atoms with Gasteiger partial charge in [-0.2, -0.15) is 0 Å². The number of fused-ring (bicyclic) bond motifs is 3. The van der Waals surface area contributed by atoms with Crippen molar-refractivity contribution in [2.75, 3.05) is 0 Å². The minimum atomic E-state index is -1.43. The molecule has 0 bridgehead atoms. The maximum atomic E-state index is 9.29. The van der Waals surface area contributed by atoms with Gasteiger partial charge in [-0.25, -0.2) is 0 Å². The summed E-state index contributed by atoms with van der Waals surface area (Å²) in [6.07, 6.45) is 0. The van der Waals surface area contributed by atoms with Crippen molar-refractivity contribution in [3.8, 4) is 33.4 Å². The van der Waals surface area contributed by atoms with E-state index in [1.807, 2.05) is 12.1 Å². The number of hydrogen-bond donors (Lipinski definition) is 2. The second-order valence-electron chi connectivity index (χ2n) is 6.43. The molecular formula is C22H15BO2. The van der Waals surface area contributed by atoms with E-state index in [9.17, 15) is 10.0 Å². The minimum absolute atomic E-state index is 0.502. The zero-order valence-corrected chi connectivity index (χ0v) is 13.5. The highest BCUT2D eigenvalue weighted by Crippen LogP contribution is 2.48. The van der Waals surface area contributed by atoms with Gasteiger partial charge in [-0.3, -0.25) is 0 Å². The van der Waals surface area contributed by atoms with Gasteiger partial charge in [0.25, 0.3) is 0 Å². The Balaban J connectivity index is 1.77. The molecule has 2 nitrogen and oxygen atoms in total. The van der Waals surface area contributed by atoms with Crippen LogP contribution in [0.25, 0.3) is 44.2 Å². The van der Waals surface area contributed by atoms with Crippen LogP contribution in [0.1, 0.15) is 0 Å². The fourth-order valence-corrected chi connectivity index (χ4v) is 3.89. The van der Waals surface area contributed by atoms with E-state index in [1.54, 1.807) is 12.1 Å². The molecule has 0 saturated carbocycles. The van der Waals surface area contributed by atoms with E-state index in [4.69, 9.17) is 0 Å². The van der Waals surface area contributed by atoms with E-state index in [0.717, 1.165) is 11.1 Å². The van der Waals surface area contributed by atoms with Gasteiger partial charge in [0.15, 0.2) is 0 Å². The van der Waals surface area contributed by atoms with Crippen molar-refractivity contribution in [3.05, 3.63) is 78.9 Å². The summed E-state index contributed by atoms with van der Waals surface area (Å²) in [6, 6.07) is 26.8. The molecule has 3 heteroatoms. The molecule has 0 aliphatic heterocycles. The lowest BCUT2D eigenvalue weighted by atomic mass is 9.79. The van der Waals surface area contributed by atoms with E-state index >= 15 is 0 Å². The molecule has 0 unspecified atom stereocenters. The van der Waals surface area contributed by atoms with Gasteiger partial charge in [0.05, 0.1) is 0 Å². The first kappa shape index (κ1) is 14.5. The highest BCUT2D eigenvalue weighted by Gasteiger charge is 2.22. The van der Waals surface area contributed by atoms with Crippen LogP contribution in [0.15, 0.2) is 78.9 Å². The third kappa shape index (κ3) is 2.07. The van der Waals surface area contributed by atoms with E-state index in [-0.39, 0.29) is 0 Å². The summed E-state index contributed by atoms with van der Waals surface area (Å²) < 4.78 is 0. The zero-order chi connectivity index (χ0) is 17.0. The van der Waals surface area contributed by atoms with Gasteiger partial charge >= 0.3 is 7.12 Å². The molecule has 0 aromatic heterocycles. The maximum Gasteiger partial charge on any atom is 0.488 e. The van der Waals surface area contributed by atoms with Gasteiger partial charge in [0, 0.05) is 0 Å². The largest absolute Gasteiger partial charge is 0.488 e. The zero-order valence-electron chi connectivity index (χ0n) is 13.5. The summed E-state index contributed by atoms with van der Waals surface area (Å²) in [4.78, 5) is 0. The van der Waals surface area contributed by atoms with Crippen molar-refractivity contribution in [1.82, 2.24) is 0 Å². The van der Waals surface area contributed by atoms with Crippen molar-refractivity contribution in [2.24, 2.45) is 0 Å². The Hall–Kier alpha value is -2.88. The lowest BCUT2D eigenvalue weighted by molar-refractivity contribution is 0.426. The molecule has 5 rings (SSSR count). The van der Waals surface area contributed by atoms with Crippen LogP contribution in [0.5, 0.6) is 0 Å². The van der Waals surface area contributed by atoms with Crippen LogP contribution < -0.4 is 5.46 Å². The highest BCUT2D eigenvalue weighted by molar-refractivity contribution is 6.58. The van der Waals surface area contributed by atoms with Gasteiger partial charge in [-0.1, -0.05) is 78.9 Å². The molecule has 25 heavy (non-hydrogen) atoms. The Morgan fingerprint density at radius 2 is 1.12 bits per heavy atom. The molecule has 2 N–H and O–H groups in total. The first-order chi connectivity index (χ1) is 12.2. The molecule has 4 aromatic carbocycles. The molecule has 0 fully saturated rings. The summed E-state index contributed by atoms with van der Waals surface area (Å²) in [6.45, 7) is 0. The fraction of sp³-hybridized carbons (Fsp3) is 0. The maximum absolute atomic E-state index is 9.29. The van der Waals surface area contributed by atoms with Crippen LogP contribution in [0.3, 0.4) is 0 Å². The summed E-state index contributed by atoms with van der Waals surface area (Å²) in [7, 11) is -1.43. The van der Waals surface area contributed by atoms with E-state index in [1.165, 1.54) is 33.0 Å². The second-order valence-corrected chi connectivity index (χ2v) is 6.43. The molecule has 0 atom stereocenters. The van der Waals surface area contributed by atoms with Gasteiger partial charge in [-0.15, -0.1) is 0 Å². The molecule has 0 saturated heterocycles. The first-order valence-corrected chi connectivity index (χ1v) is 8.36. The molecule has 0 radical (unpaired) electrons. The van der Waals surface area contributed by atoms with Crippen molar-refractivity contribution in [3.63, 3.8) is 0 Å². The molecule has 1 aliphatic carbocycles. The average molecular weight is 322 g/mol. The Bertz CT molecular complexity index is 1090. The topological polar surface area (TPSA) is 40.5 Å². The summed E-state index contributed by atoms with van der Waals surface area (Å²) in [5.74, 6) is 0. The molecule has 4 aromatic rings. The molecule has 1 aliphatic rings. The monoisotopic (exact) mass is 322 g/mol. The van der Waals surface area contributed by atoms with Crippen LogP contribution >= 0.6 is 0 Å². The third-order valence-electron chi connectivity index (χ3n) is 5.07. The Labute approximate surface area is 146 Å². The van der Waals surface area contributed by atoms with E-state index < -0.39 is 7.12 Å². The van der Waals surface area contributed by atoms with Gasteiger partial charge in [0.2, 0.25) is 0 Å². The van der Waals surface area contributed by atoms with Crippen molar-refractivity contribution >= 4 is 23.4 Å². The van der Waals surface area contributed by atoms with Crippen LogP contribution in [0, 0.1) is 0 Å². The van der Waals surface area contributed by atoms with Gasteiger partial charge in [0.1, 0.15) is 0 Å². The van der Waals surface area contributed by atoms with E-state index in [2.05, 4.69) is 54.6 Å². The predicted octanol–water partition coefficient (Wildman–Crippen LogP) is 3.83. The second kappa shape index (κ2) is 5.31. The standard InChI is InChI=1S/C22H15BO2/c24-23(25)15-10-8-14(9-11-15)16-12-13-21-18-5-2-1-4-17(18)20-7-3-6-19(16)22(20)21/h1-13,24-25H. The Kier molecular flexibility index (Phi) is 3.08. The fourth-order valence-electron chi connectivity index (χ4n) is 3.89. The van der Waals surface area contributed by atoms with Crippen molar-refractivity contribution in [1.29, 1.82) is 0 Å². The van der Waals surface area contributed by atoms with Gasteiger partial charge in [-0.05, 0) is 49.6 Å². The molecular weight excluding hydrogens is 307 g/mol. The van der Waals surface area contributed by atoms with Gasteiger partial charge < -0.3 is 10.0 Å². The van der Waals surface area contributed by atoms with Crippen LogP contribution in [0.2, 0.25) is 0 Å². The van der Waals surface area contributed by atoms with Crippen molar-refractivity contribution in [2.45, 2.75) is 0 Å². The smallest absolute Gasteiger partial charge is 0.423 e. The molecule has 0 amide bonds. The SMILES string of the molecule is OB(O)c1ccc(-c2ccc3c4c(cccc24)-c2ccccc2-3)cc1. The lowest BCUT2D eigenvalue weighted by Gasteiger charge is -2.10.